The summed E-state index contributed by atoms with van der Waals surface area (Å²) in [5, 5.41) is 11.4. The Kier molecular flexibility index (Phi) is 7.94. The Balaban J connectivity index is 2.04. The van der Waals surface area contributed by atoms with Crippen molar-refractivity contribution in [2.24, 2.45) is 5.92 Å². The number of hydrogen-bond donors (Lipinski definition) is 2. The van der Waals surface area contributed by atoms with Crippen molar-refractivity contribution < 1.29 is 19.4 Å². The molecule has 1 rings (SSSR count). The highest BCUT2D eigenvalue weighted by atomic mass is 16.5. The summed E-state index contributed by atoms with van der Waals surface area (Å²) in [5.74, 6) is 0.158. The van der Waals surface area contributed by atoms with Crippen LogP contribution in [0.2, 0.25) is 0 Å². The molecule has 1 atom stereocenters. The van der Waals surface area contributed by atoms with E-state index in [4.69, 9.17) is 9.84 Å². The predicted octanol–water partition coefficient (Wildman–Crippen LogP) is 2.46. The van der Waals surface area contributed by atoms with Gasteiger partial charge in [0, 0.05) is 19.4 Å². The molecule has 1 amide bonds. The van der Waals surface area contributed by atoms with E-state index in [0.717, 1.165) is 5.75 Å². The van der Waals surface area contributed by atoms with E-state index >= 15 is 0 Å². The monoisotopic (exact) mass is 293 g/mol. The Hall–Kier alpha value is -2.04. The molecule has 0 heterocycles. The van der Waals surface area contributed by atoms with Crippen molar-refractivity contribution in [1.29, 1.82) is 0 Å². The molecule has 0 radical (unpaired) electrons. The van der Waals surface area contributed by atoms with E-state index in [-0.39, 0.29) is 18.2 Å². The van der Waals surface area contributed by atoms with E-state index in [2.05, 4.69) is 5.32 Å². The fraction of sp³-hybridized carbons (Fsp3) is 0.500. The molecule has 0 fully saturated rings. The third-order valence-corrected chi connectivity index (χ3v) is 3.06. The van der Waals surface area contributed by atoms with Gasteiger partial charge in [-0.25, -0.2) is 0 Å². The zero-order valence-corrected chi connectivity index (χ0v) is 12.4. The normalized spacial score (nSPS) is 11.7. The molecular formula is C16H23NO4. The second-order valence-electron chi connectivity index (χ2n) is 5.11. The maximum atomic E-state index is 11.6. The minimum absolute atomic E-state index is 0.0196. The lowest BCUT2D eigenvalue weighted by Gasteiger charge is -2.11. The molecule has 1 unspecified atom stereocenters. The van der Waals surface area contributed by atoms with Crippen LogP contribution in [0.5, 0.6) is 5.75 Å². The average Bonchev–Trinajstić information content (AvgIpc) is 2.48. The number of ether oxygens (including phenoxy) is 1. The SMILES string of the molecule is CC(CCC(=O)O)CNC(=O)CCCOc1ccccc1. The first-order valence-corrected chi connectivity index (χ1v) is 7.24. The minimum atomic E-state index is -0.800. The number of carbonyl (C=O) groups is 2. The number of rotatable bonds is 10. The maximum Gasteiger partial charge on any atom is 0.303 e. The van der Waals surface area contributed by atoms with Crippen molar-refractivity contribution in [2.45, 2.75) is 32.6 Å². The molecule has 5 nitrogen and oxygen atoms in total. The van der Waals surface area contributed by atoms with Gasteiger partial charge in [-0.2, -0.15) is 0 Å². The van der Waals surface area contributed by atoms with Crippen molar-refractivity contribution >= 4 is 11.9 Å². The van der Waals surface area contributed by atoms with Crippen molar-refractivity contribution in [2.75, 3.05) is 13.2 Å². The van der Waals surface area contributed by atoms with Gasteiger partial charge in [0.25, 0.3) is 0 Å². The number of hydrogen-bond acceptors (Lipinski definition) is 3. The molecule has 0 spiro atoms. The summed E-state index contributed by atoms with van der Waals surface area (Å²) in [6, 6.07) is 9.49. The van der Waals surface area contributed by atoms with Gasteiger partial charge in [-0.15, -0.1) is 0 Å². The minimum Gasteiger partial charge on any atom is -0.494 e. The van der Waals surface area contributed by atoms with Crippen molar-refractivity contribution in [3.63, 3.8) is 0 Å². The number of nitrogens with one attached hydrogen (secondary N) is 1. The largest absolute Gasteiger partial charge is 0.494 e. The van der Waals surface area contributed by atoms with Gasteiger partial charge < -0.3 is 15.2 Å². The van der Waals surface area contributed by atoms with E-state index in [1.165, 1.54) is 0 Å². The quantitative estimate of drug-likeness (QED) is 0.650. The summed E-state index contributed by atoms with van der Waals surface area (Å²) in [7, 11) is 0. The van der Waals surface area contributed by atoms with Gasteiger partial charge in [0.1, 0.15) is 5.75 Å². The van der Waals surface area contributed by atoms with Gasteiger partial charge in [-0.05, 0) is 30.9 Å². The third kappa shape index (κ3) is 8.68. The highest BCUT2D eigenvalue weighted by Crippen LogP contribution is 2.09. The molecule has 116 valence electrons. The van der Waals surface area contributed by atoms with Gasteiger partial charge in [-0.1, -0.05) is 25.1 Å². The van der Waals surface area contributed by atoms with E-state index in [1.54, 1.807) is 0 Å². The number of aliphatic carboxylic acids is 1. The fourth-order valence-corrected chi connectivity index (χ4v) is 1.79. The Morgan fingerprint density at radius 1 is 1.24 bits per heavy atom. The van der Waals surface area contributed by atoms with E-state index in [9.17, 15) is 9.59 Å². The van der Waals surface area contributed by atoms with Crippen LogP contribution in [0.3, 0.4) is 0 Å². The van der Waals surface area contributed by atoms with Gasteiger partial charge in [-0.3, -0.25) is 9.59 Å². The van der Waals surface area contributed by atoms with Crippen LogP contribution in [0, 0.1) is 5.92 Å². The summed E-state index contributed by atoms with van der Waals surface area (Å²) in [5.41, 5.74) is 0. The first kappa shape index (κ1) is 17.0. The second-order valence-corrected chi connectivity index (χ2v) is 5.11. The third-order valence-electron chi connectivity index (χ3n) is 3.06. The van der Waals surface area contributed by atoms with Crippen LogP contribution in [0.15, 0.2) is 30.3 Å². The van der Waals surface area contributed by atoms with Crippen molar-refractivity contribution in [1.82, 2.24) is 5.32 Å². The molecular weight excluding hydrogens is 270 g/mol. The van der Waals surface area contributed by atoms with Gasteiger partial charge in [0.2, 0.25) is 5.91 Å². The summed E-state index contributed by atoms with van der Waals surface area (Å²) in [6.45, 7) is 2.96. The van der Waals surface area contributed by atoms with Gasteiger partial charge in [0.05, 0.1) is 6.61 Å². The van der Waals surface area contributed by atoms with Crippen molar-refractivity contribution in [3.8, 4) is 5.75 Å². The Bertz CT molecular complexity index is 433. The van der Waals surface area contributed by atoms with Crippen LogP contribution in [-0.2, 0) is 9.59 Å². The number of benzene rings is 1. The molecule has 0 saturated carbocycles. The van der Waals surface area contributed by atoms with E-state index < -0.39 is 5.97 Å². The Morgan fingerprint density at radius 2 is 1.95 bits per heavy atom. The lowest BCUT2D eigenvalue weighted by Crippen LogP contribution is -2.28. The van der Waals surface area contributed by atoms with Gasteiger partial charge in [0.15, 0.2) is 0 Å². The highest BCUT2D eigenvalue weighted by molar-refractivity contribution is 5.75. The molecule has 2 N–H and O–H groups in total. The Morgan fingerprint density at radius 3 is 2.62 bits per heavy atom. The summed E-state index contributed by atoms with van der Waals surface area (Å²) < 4.78 is 5.50. The first-order valence-electron chi connectivity index (χ1n) is 7.24. The Labute approximate surface area is 125 Å². The van der Waals surface area contributed by atoms with Crippen LogP contribution in [0.1, 0.15) is 32.6 Å². The molecule has 1 aromatic carbocycles. The zero-order chi connectivity index (χ0) is 15.5. The standard InChI is InChI=1S/C16H23NO4/c1-13(9-10-16(19)20)12-17-15(18)8-5-11-21-14-6-3-2-4-7-14/h2-4,6-7,13H,5,8-12H2,1H3,(H,17,18)(H,19,20). The van der Waals surface area contributed by atoms with Crippen LogP contribution in [0.4, 0.5) is 0 Å². The number of amides is 1. The zero-order valence-electron chi connectivity index (χ0n) is 12.4. The molecule has 21 heavy (non-hydrogen) atoms. The first-order chi connectivity index (χ1) is 10.1. The lowest BCUT2D eigenvalue weighted by molar-refractivity contribution is -0.137. The number of carboxylic acid groups (broad SMARTS) is 1. The smallest absolute Gasteiger partial charge is 0.303 e. The lowest BCUT2D eigenvalue weighted by atomic mass is 10.1. The summed E-state index contributed by atoms with van der Waals surface area (Å²) in [6.07, 6.45) is 1.79. The topological polar surface area (TPSA) is 75.6 Å². The molecule has 0 saturated heterocycles. The van der Waals surface area contributed by atoms with Crippen LogP contribution in [0.25, 0.3) is 0 Å². The highest BCUT2D eigenvalue weighted by Gasteiger charge is 2.07. The number of carbonyl (C=O) groups excluding carboxylic acids is 1. The number of carboxylic acids is 1. The van der Waals surface area contributed by atoms with E-state index in [1.807, 2.05) is 37.3 Å². The van der Waals surface area contributed by atoms with E-state index in [0.29, 0.717) is 32.4 Å². The van der Waals surface area contributed by atoms with Crippen molar-refractivity contribution in [3.05, 3.63) is 30.3 Å². The fourth-order valence-electron chi connectivity index (χ4n) is 1.79. The molecule has 0 aliphatic rings. The molecule has 0 bridgehead atoms. The maximum absolute atomic E-state index is 11.6. The number of para-hydroxylation sites is 1. The second kappa shape index (κ2) is 9.80. The van der Waals surface area contributed by atoms with Crippen LogP contribution >= 0.6 is 0 Å². The molecule has 0 aliphatic carbocycles. The molecule has 1 aromatic rings. The summed E-state index contributed by atoms with van der Waals surface area (Å²) in [4.78, 5) is 22.0. The molecule has 0 aliphatic heterocycles. The van der Waals surface area contributed by atoms with Gasteiger partial charge >= 0.3 is 5.97 Å². The summed E-state index contributed by atoms with van der Waals surface area (Å²) >= 11 is 0. The molecule has 0 aromatic heterocycles. The van der Waals surface area contributed by atoms with Crippen LogP contribution < -0.4 is 10.1 Å². The molecule has 5 heteroatoms. The average molecular weight is 293 g/mol. The predicted molar refractivity (Wildman–Crippen MR) is 80.2 cm³/mol. The van der Waals surface area contributed by atoms with Crippen LogP contribution in [-0.4, -0.2) is 30.1 Å².